The molecule has 4 heteroatoms. The lowest BCUT2D eigenvalue weighted by Crippen LogP contribution is -2.58. The van der Waals surface area contributed by atoms with Crippen molar-refractivity contribution >= 4 is 6.03 Å². The number of nitrogens with zero attached hydrogens (tertiary/aromatic N) is 1. The van der Waals surface area contributed by atoms with Crippen LogP contribution in [-0.2, 0) is 0 Å². The Morgan fingerprint density at radius 3 is 2.58 bits per heavy atom. The van der Waals surface area contributed by atoms with Crippen LogP contribution in [0, 0.1) is 0 Å². The molecule has 0 aromatic heterocycles. The molecule has 0 bridgehead atoms. The van der Waals surface area contributed by atoms with Crippen molar-refractivity contribution < 1.29 is 4.79 Å². The van der Waals surface area contributed by atoms with Gasteiger partial charge in [-0.25, -0.2) is 4.79 Å². The van der Waals surface area contributed by atoms with Crippen LogP contribution in [0.5, 0.6) is 0 Å². The van der Waals surface area contributed by atoms with E-state index in [1.54, 1.807) is 0 Å². The minimum absolute atomic E-state index is 0.114. The number of hydrogen-bond acceptors (Lipinski definition) is 2. The lowest BCUT2D eigenvalue weighted by molar-refractivity contribution is 0.149. The van der Waals surface area contributed by atoms with E-state index in [1.807, 2.05) is 18.7 Å². The van der Waals surface area contributed by atoms with Crippen molar-refractivity contribution in [3.8, 4) is 0 Å². The van der Waals surface area contributed by atoms with Gasteiger partial charge in [0.15, 0.2) is 0 Å². The smallest absolute Gasteiger partial charge is 0.317 e. The fourth-order valence-electron chi connectivity index (χ4n) is 3.67. The number of urea groups is 1. The predicted octanol–water partition coefficient (Wildman–Crippen LogP) is 2.49. The highest BCUT2D eigenvalue weighted by atomic mass is 16.2. The summed E-state index contributed by atoms with van der Waals surface area (Å²) in [5, 5.41) is 6.97. The topological polar surface area (TPSA) is 44.4 Å². The Labute approximate surface area is 117 Å². The Balaban J connectivity index is 1.88. The molecule has 1 saturated heterocycles. The first-order chi connectivity index (χ1) is 9.19. The SMILES string of the molecule is CCN(CC)C(=O)NC1CCNC2(CCCCC2)C1. The molecule has 0 aromatic carbocycles. The molecule has 1 saturated carbocycles. The molecular weight excluding hydrogens is 238 g/mol. The maximum Gasteiger partial charge on any atom is 0.317 e. The third-order valence-corrected chi connectivity index (χ3v) is 4.82. The molecule has 1 spiro atoms. The van der Waals surface area contributed by atoms with Gasteiger partial charge in [-0.3, -0.25) is 0 Å². The molecule has 2 aliphatic rings. The molecule has 2 amide bonds. The van der Waals surface area contributed by atoms with Crippen LogP contribution in [0.1, 0.15) is 58.8 Å². The van der Waals surface area contributed by atoms with Crippen LogP contribution < -0.4 is 10.6 Å². The maximum atomic E-state index is 12.1. The number of piperidine rings is 1. The van der Waals surface area contributed by atoms with Gasteiger partial charge in [0.2, 0.25) is 0 Å². The number of carbonyl (C=O) groups excluding carboxylic acids is 1. The van der Waals surface area contributed by atoms with E-state index >= 15 is 0 Å². The minimum Gasteiger partial charge on any atom is -0.335 e. The fourth-order valence-corrected chi connectivity index (χ4v) is 3.67. The van der Waals surface area contributed by atoms with E-state index in [2.05, 4.69) is 10.6 Å². The van der Waals surface area contributed by atoms with Crippen LogP contribution in [0.4, 0.5) is 4.79 Å². The monoisotopic (exact) mass is 267 g/mol. The molecule has 1 unspecified atom stereocenters. The van der Waals surface area contributed by atoms with Crippen LogP contribution in [0.2, 0.25) is 0 Å². The Bertz CT molecular complexity index is 290. The summed E-state index contributed by atoms with van der Waals surface area (Å²) in [5.74, 6) is 0. The van der Waals surface area contributed by atoms with Gasteiger partial charge in [0.1, 0.15) is 0 Å². The normalized spacial score (nSPS) is 26.1. The Kier molecular flexibility index (Phi) is 5.08. The van der Waals surface area contributed by atoms with Crippen molar-refractivity contribution in [2.24, 2.45) is 0 Å². The second-order valence-corrected chi connectivity index (χ2v) is 6.08. The highest BCUT2D eigenvalue weighted by molar-refractivity contribution is 5.74. The largest absolute Gasteiger partial charge is 0.335 e. The van der Waals surface area contributed by atoms with Gasteiger partial charge in [-0.05, 0) is 46.1 Å². The zero-order valence-electron chi connectivity index (χ0n) is 12.5. The van der Waals surface area contributed by atoms with Crippen molar-refractivity contribution in [3.63, 3.8) is 0 Å². The van der Waals surface area contributed by atoms with Gasteiger partial charge in [0.05, 0.1) is 0 Å². The Morgan fingerprint density at radius 1 is 1.26 bits per heavy atom. The molecule has 1 heterocycles. The molecule has 1 aliphatic heterocycles. The third kappa shape index (κ3) is 3.62. The van der Waals surface area contributed by atoms with Crippen molar-refractivity contribution in [2.75, 3.05) is 19.6 Å². The van der Waals surface area contributed by atoms with Crippen molar-refractivity contribution in [1.82, 2.24) is 15.5 Å². The van der Waals surface area contributed by atoms with E-state index in [1.165, 1.54) is 32.1 Å². The second kappa shape index (κ2) is 6.60. The van der Waals surface area contributed by atoms with Gasteiger partial charge in [0, 0.05) is 24.7 Å². The average molecular weight is 267 g/mol. The van der Waals surface area contributed by atoms with Crippen LogP contribution in [0.15, 0.2) is 0 Å². The van der Waals surface area contributed by atoms with Gasteiger partial charge in [-0.1, -0.05) is 19.3 Å². The van der Waals surface area contributed by atoms with Gasteiger partial charge in [-0.15, -0.1) is 0 Å². The molecule has 0 aromatic rings. The molecule has 0 radical (unpaired) electrons. The summed E-state index contributed by atoms with van der Waals surface area (Å²) in [6.45, 7) is 6.70. The lowest BCUT2D eigenvalue weighted by Gasteiger charge is -2.45. The fraction of sp³-hybridized carbons (Fsp3) is 0.933. The first-order valence-electron chi connectivity index (χ1n) is 7.99. The van der Waals surface area contributed by atoms with E-state index in [0.717, 1.165) is 32.5 Å². The summed E-state index contributed by atoms with van der Waals surface area (Å²) < 4.78 is 0. The van der Waals surface area contributed by atoms with Crippen LogP contribution in [0.25, 0.3) is 0 Å². The lowest BCUT2D eigenvalue weighted by atomic mass is 9.75. The van der Waals surface area contributed by atoms with Gasteiger partial charge < -0.3 is 15.5 Å². The van der Waals surface area contributed by atoms with Crippen LogP contribution in [-0.4, -0.2) is 42.1 Å². The highest BCUT2D eigenvalue weighted by Crippen LogP contribution is 2.34. The zero-order chi connectivity index (χ0) is 13.7. The molecule has 19 heavy (non-hydrogen) atoms. The summed E-state index contributed by atoms with van der Waals surface area (Å²) in [5.41, 5.74) is 0.317. The van der Waals surface area contributed by atoms with Gasteiger partial charge >= 0.3 is 6.03 Å². The molecule has 2 rings (SSSR count). The molecule has 4 nitrogen and oxygen atoms in total. The van der Waals surface area contributed by atoms with E-state index in [4.69, 9.17) is 0 Å². The quantitative estimate of drug-likeness (QED) is 0.825. The van der Waals surface area contributed by atoms with Crippen LogP contribution >= 0.6 is 0 Å². The molecule has 2 N–H and O–H groups in total. The summed E-state index contributed by atoms with van der Waals surface area (Å²) in [4.78, 5) is 14.0. The molecule has 1 aliphatic carbocycles. The average Bonchev–Trinajstić information content (AvgIpc) is 2.41. The number of hydrogen-bond donors (Lipinski definition) is 2. The molecular formula is C15H29N3O. The van der Waals surface area contributed by atoms with E-state index < -0.39 is 0 Å². The molecule has 110 valence electrons. The summed E-state index contributed by atoms with van der Waals surface area (Å²) in [6, 6.07) is 0.468. The maximum absolute atomic E-state index is 12.1. The number of rotatable bonds is 3. The predicted molar refractivity (Wildman–Crippen MR) is 78.3 cm³/mol. The summed E-state index contributed by atoms with van der Waals surface area (Å²) >= 11 is 0. The second-order valence-electron chi connectivity index (χ2n) is 6.08. The summed E-state index contributed by atoms with van der Waals surface area (Å²) in [6.07, 6.45) is 8.79. The van der Waals surface area contributed by atoms with Crippen molar-refractivity contribution in [2.45, 2.75) is 70.4 Å². The molecule has 2 fully saturated rings. The third-order valence-electron chi connectivity index (χ3n) is 4.82. The minimum atomic E-state index is 0.114. The number of carbonyl (C=O) groups is 1. The van der Waals surface area contributed by atoms with E-state index in [0.29, 0.717) is 11.6 Å². The van der Waals surface area contributed by atoms with Crippen LogP contribution in [0.3, 0.4) is 0 Å². The molecule has 1 atom stereocenters. The first kappa shape index (κ1) is 14.6. The Hall–Kier alpha value is -0.770. The van der Waals surface area contributed by atoms with Crippen molar-refractivity contribution in [1.29, 1.82) is 0 Å². The van der Waals surface area contributed by atoms with Gasteiger partial charge in [-0.2, -0.15) is 0 Å². The highest BCUT2D eigenvalue weighted by Gasteiger charge is 2.37. The summed E-state index contributed by atoms with van der Waals surface area (Å²) in [7, 11) is 0. The first-order valence-corrected chi connectivity index (χ1v) is 7.99. The number of nitrogens with one attached hydrogen (secondary N) is 2. The zero-order valence-corrected chi connectivity index (χ0v) is 12.5. The van der Waals surface area contributed by atoms with E-state index in [-0.39, 0.29) is 6.03 Å². The van der Waals surface area contributed by atoms with E-state index in [9.17, 15) is 4.79 Å². The standard InChI is InChI=1S/C15H29N3O/c1-3-18(4-2)14(19)17-13-8-11-16-15(12-13)9-6-5-7-10-15/h13,16H,3-12H2,1-2H3,(H,17,19). The number of amides is 2. The Morgan fingerprint density at radius 2 is 1.95 bits per heavy atom. The van der Waals surface area contributed by atoms with Crippen molar-refractivity contribution in [3.05, 3.63) is 0 Å². The van der Waals surface area contributed by atoms with Gasteiger partial charge in [0.25, 0.3) is 0 Å².